The van der Waals surface area contributed by atoms with Gasteiger partial charge in [-0.3, -0.25) is 4.79 Å². The van der Waals surface area contributed by atoms with Crippen LogP contribution >= 0.6 is 11.6 Å². The molecular weight excluding hydrogens is 354 g/mol. The van der Waals surface area contributed by atoms with Gasteiger partial charge in [-0.15, -0.1) is 0 Å². The zero-order valence-corrected chi connectivity index (χ0v) is 15.1. The van der Waals surface area contributed by atoms with Gasteiger partial charge in [-0.25, -0.2) is 4.98 Å². The first-order chi connectivity index (χ1) is 12.7. The molecule has 7 heteroatoms. The Labute approximate surface area is 157 Å². The summed E-state index contributed by atoms with van der Waals surface area (Å²) in [6, 6.07) is 9.52. The third-order valence-corrected chi connectivity index (χ3v) is 4.90. The molecule has 0 bridgehead atoms. The van der Waals surface area contributed by atoms with Crippen LogP contribution in [0.5, 0.6) is 11.5 Å². The van der Waals surface area contributed by atoms with E-state index in [2.05, 4.69) is 9.88 Å². The fraction of sp³-hybridized carbons (Fsp3) is 0.368. The van der Waals surface area contributed by atoms with Gasteiger partial charge in [0.2, 0.25) is 5.91 Å². The van der Waals surface area contributed by atoms with Gasteiger partial charge >= 0.3 is 0 Å². The molecule has 26 heavy (non-hydrogen) atoms. The lowest BCUT2D eigenvalue weighted by Gasteiger charge is -2.35. The first kappa shape index (κ1) is 17.0. The summed E-state index contributed by atoms with van der Waals surface area (Å²) in [5.41, 5.74) is 0.844. The molecule has 2 aromatic rings. The molecule has 0 saturated carbocycles. The van der Waals surface area contributed by atoms with Gasteiger partial charge in [-0.05, 0) is 29.8 Å². The summed E-state index contributed by atoms with van der Waals surface area (Å²) in [5.74, 6) is 2.24. The van der Waals surface area contributed by atoms with Crippen molar-refractivity contribution >= 4 is 23.3 Å². The average Bonchev–Trinajstić information content (AvgIpc) is 2.69. The summed E-state index contributed by atoms with van der Waals surface area (Å²) in [6.07, 6.45) is 2.10. The topological polar surface area (TPSA) is 54.9 Å². The number of anilines is 1. The second kappa shape index (κ2) is 7.41. The maximum Gasteiger partial charge on any atom is 0.227 e. The van der Waals surface area contributed by atoms with Crippen molar-refractivity contribution in [2.75, 3.05) is 44.3 Å². The quantitative estimate of drug-likeness (QED) is 0.827. The van der Waals surface area contributed by atoms with E-state index >= 15 is 0 Å². The molecule has 0 radical (unpaired) electrons. The first-order valence-electron chi connectivity index (χ1n) is 8.72. The van der Waals surface area contributed by atoms with E-state index in [4.69, 9.17) is 21.1 Å². The number of halogens is 1. The van der Waals surface area contributed by atoms with Crippen molar-refractivity contribution in [3.8, 4) is 11.5 Å². The standard InChI is InChI=1S/C19H20ClN3O3/c20-15-11-14(12-16-19(15)26-10-9-25-16)13-18(24)23-7-5-22(6-8-23)17-3-1-2-4-21-17/h1-4,11-12H,5-10,13H2. The lowest BCUT2D eigenvalue weighted by atomic mass is 10.1. The fourth-order valence-electron chi connectivity index (χ4n) is 3.28. The highest BCUT2D eigenvalue weighted by Crippen LogP contribution is 2.38. The second-order valence-electron chi connectivity index (χ2n) is 6.33. The molecule has 1 aromatic heterocycles. The fourth-order valence-corrected chi connectivity index (χ4v) is 3.57. The minimum absolute atomic E-state index is 0.0958. The first-order valence-corrected chi connectivity index (χ1v) is 9.10. The molecular formula is C19H20ClN3O3. The Bertz CT molecular complexity index is 792. The molecule has 4 rings (SSSR count). The largest absolute Gasteiger partial charge is 0.486 e. The number of aromatic nitrogens is 1. The van der Waals surface area contributed by atoms with E-state index in [0.717, 1.165) is 24.5 Å². The maximum absolute atomic E-state index is 12.7. The van der Waals surface area contributed by atoms with Crippen LogP contribution in [0, 0.1) is 0 Å². The number of carbonyl (C=O) groups excluding carboxylic acids is 1. The van der Waals surface area contributed by atoms with E-state index < -0.39 is 0 Å². The summed E-state index contributed by atoms with van der Waals surface area (Å²) >= 11 is 6.26. The lowest BCUT2D eigenvalue weighted by Crippen LogP contribution is -2.49. The van der Waals surface area contributed by atoms with E-state index in [-0.39, 0.29) is 5.91 Å². The summed E-state index contributed by atoms with van der Waals surface area (Å²) in [5, 5.41) is 0.491. The van der Waals surface area contributed by atoms with Gasteiger partial charge in [0.25, 0.3) is 0 Å². The van der Waals surface area contributed by atoms with Crippen molar-refractivity contribution in [1.82, 2.24) is 9.88 Å². The van der Waals surface area contributed by atoms with E-state index in [9.17, 15) is 4.79 Å². The molecule has 1 aromatic carbocycles. The Morgan fingerprint density at radius 3 is 2.69 bits per heavy atom. The van der Waals surface area contributed by atoms with Crippen molar-refractivity contribution in [1.29, 1.82) is 0 Å². The van der Waals surface area contributed by atoms with Gasteiger partial charge < -0.3 is 19.3 Å². The van der Waals surface area contributed by atoms with E-state index in [0.29, 0.717) is 49.2 Å². The summed E-state index contributed by atoms with van der Waals surface area (Å²) in [7, 11) is 0. The van der Waals surface area contributed by atoms with Crippen molar-refractivity contribution in [3.05, 3.63) is 47.1 Å². The minimum Gasteiger partial charge on any atom is -0.486 e. The highest BCUT2D eigenvalue weighted by molar-refractivity contribution is 6.32. The minimum atomic E-state index is 0.0958. The second-order valence-corrected chi connectivity index (χ2v) is 6.74. The van der Waals surface area contributed by atoms with Crippen molar-refractivity contribution in [2.24, 2.45) is 0 Å². The van der Waals surface area contributed by atoms with Gasteiger partial charge in [-0.1, -0.05) is 17.7 Å². The predicted molar refractivity (Wildman–Crippen MR) is 99.2 cm³/mol. The highest BCUT2D eigenvalue weighted by atomic mass is 35.5. The van der Waals surface area contributed by atoms with Gasteiger partial charge in [0, 0.05) is 32.4 Å². The zero-order valence-electron chi connectivity index (χ0n) is 14.4. The third-order valence-electron chi connectivity index (χ3n) is 4.62. The Morgan fingerprint density at radius 1 is 1.12 bits per heavy atom. The number of pyridine rings is 1. The van der Waals surface area contributed by atoms with Crippen molar-refractivity contribution < 1.29 is 14.3 Å². The molecule has 1 amide bonds. The molecule has 3 heterocycles. The Morgan fingerprint density at radius 2 is 1.92 bits per heavy atom. The zero-order chi connectivity index (χ0) is 17.9. The maximum atomic E-state index is 12.7. The summed E-state index contributed by atoms with van der Waals surface area (Å²) < 4.78 is 11.1. The Hall–Kier alpha value is -2.47. The number of nitrogens with zero attached hydrogens (tertiary/aromatic N) is 3. The molecule has 136 valence electrons. The van der Waals surface area contributed by atoms with Crippen LogP contribution in [0.3, 0.4) is 0 Å². The number of rotatable bonds is 3. The molecule has 6 nitrogen and oxygen atoms in total. The smallest absolute Gasteiger partial charge is 0.227 e. The van der Waals surface area contributed by atoms with E-state index in [1.54, 1.807) is 12.3 Å². The van der Waals surface area contributed by atoms with Crippen LogP contribution in [0.1, 0.15) is 5.56 Å². The number of hydrogen-bond donors (Lipinski definition) is 0. The molecule has 0 unspecified atom stereocenters. The normalized spacial score (nSPS) is 16.5. The molecule has 0 atom stereocenters. The van der Waals surface area contributed by atoms with Crippen LogP contribution in [0.15, 0.2) is 36.5 Å². The molecule has 1 saturated heterocycles. The van der Waals surface area contributed by atoms with Crippen LogP contribution in [0.4, 0.5) is 5.82 Å². The number of hydrogen-bond acceptors (Lipinski definition) is 5. The Kier molecular flexibility index (Phi) is 4.84. The summed E-state index contributed by atoms with van der Waals surface area (Å²) in [4.78, 5) is 21.1. The van der Waals surface area contributed by atoms with Gasteiger partial charge in [0.15, 0.2) is 11.5 Å². The number of fused-ring (bicyclic) bond motifs is 1. The number of benzene rings is 1. The SMILES string of the molecule is O=C(Cc1cc(Cl)c2c(c1)OCCO2)N1CCN(c2ccccn2)CC1. The van der Waals surface area contributed by atoms with Crippen LogP contribution in [0.25, 0.3) is 0 Å². The van der Waals surface area contributed by atoms with Gasteiger partial charge in [-0.2, -0.15) is 0 Å². The van der Waals surface area contributed by atoms with Gasteiger partial charge in [0.05, 0.1) is 11.4 Å². The monoisotopic (exact) mass is 373 g/mol. The predicted octanol–water partition coefficient (Wildman–Crippen LogP) is 2.40. The average molecular weight is 374 g/mol. The molecule has 0 spiro atoms. The number of ether oxygens (including phenoxy) is 2. The molecule has 2 aliphatic rings. The van der Waals surface area contributed by atoms with Crippen LogP contribution < -0.4 is 14.4 Å². The Balaban J connectivity index is 1.38. The molecule has 0 aliphatic carbocycles. The molecule has 2 aliphatic heterocycles. The lowest BCUT2D eigenvalue weighted by molar-refractivity contribution is -0.130. The number of carbonyl (C=O) groups is 1. The van der Waals surface area contributed by atoms with Crippen LogP contribution in [-0.2, 0) is 11.2 Å². The van der Waals surface area contributed by atoms with E-state index in [1.165, 1.54) is 0 Å². The summed E-state index contributed by atoms with van der Waals surface area (Å²) in [6.45, 7) is 3.93. The number of piperazine rings is 1. The van der Waals surface area contributed by atoms with E-state index in [1.807, 2.05) is 29.2 Å². The molecule has 1 fully saturated rings. The van der Waals surface area contributed by atoms with Crippen LogP contribution in [0.2, 0.25) is 5.02 Å². The molecule has 0 N–H and O–H groups in total. The highest BCUT2D eigenvalue weighted by Gasteiger charge is 2.23. The van der Waals surface area contributed by atoms with Crippen LogP contribution in [-0.4, -0.2) is 55.2 Å². The van der Waals surface area contributed by atoms with Crippen molar-refractivity contribution in [3.63, 3.8) is 0 Å². The van der Waals surface area contributed by atoms with Gasteiger partial charge in [0.1, 0.15) is 19.0 Å². The van der Waals surface area contributed by atoms with Crippen molar-refractivity contribution in [2.45, 2.75) is 6.42 Å². The third kappa shape index (κ3) is 3.55. The number of amides is 1.